The Kier molecular flexibility index (Phi) is 4.54. The van der Waals surface area contributed by atoms with Gasteiger partial charge >= 0.3 is 0 Å². The third-order valence-electron chi connectivity index (χ3n) is 4.74. The monoisotopic (exact) mass is 370 g/mol. The van der Waals surface area contributed by atoms with Crippen LogP contribution in [0, 0.1) is 13.8 Å². The van der Waals surface area contributed by atoms with E-state index in [4.69, 9.17) is 4.74 Å². The summed E-state index contributed by atoms with van der Waals surface area (Å²) >= 11 is 1.63. The highest BCUT2D eigenvalue weighted by atomic mass is 32.1. The number of aromatic nitrogens is 2. The lowest BCUT2D eigenvalue weighted by molar-refractivity contribution is 0.0914. The number of thiophene rings is 1. The third-order valence-corrected chi connectivity index (χ3v) is 5.94. The Balaban J connectivity index is 1.50. The van der Waals surface area contributed by atoms with E-state index in [-0.39, 0.29) is 18.7 Å². The first kappa shape index (κ1) is 17.2. The van der Waals surface area contributed by atoms with E-state index in [9.17, 15) is 9.90 Å². The van der Waals surface area contributed by atoms with Crippen molar-refractivity contribution in [2.45, 2.75) is 45.8 Å². The zero-order valence-electron chi connectivity index (χ0n) is 15.0. The molecule has 3 aromatic rings. The molecule has 0 amide bonds. The van der Waals surface area contributed by atoms with Crippen molar-refractivity contribution in [3.05, 3.63) is 56.4 Å². The molecule has 26 heavy (non-hydrogen) atoms. The molecule has 0 saturated carbocycles. The summed E-state index contributed by atoms with van der Waals surface area (Å²) in [5, 5.41) is 11.1. The average molecular weight is 370 g/mol. The van der Waals surface area contributed by atoms with Crippen LogP contribution < -0.4 is 10.3 Å². The molecule has 4 rings (SSSR count). The van der Waals surface area contributed by atoms with Gasteiger partial charge in [0.1, 0.15) is 23.3 Å². The Morgan fingerprint density at radius 3 is 2.81 bits per heavy atom. The lowest BCUT2D eigenvalue weighted by Gasteiger charge is -2.14. The standard InChI is InChI=1S/C20H22N2O3S/c1-12-6-13(2)8-15(7-12)25-10-14(23)9-22-11-21-19-18(20(22)24)16-4-3-5-17(16)26-19/h6-8,11,14,23H,3-5,9-10H2,1-2H3. The molecule has 0 saturated heterocycles. The Labute approximate surface area is 155 Å². The molecule has 1 aliphatic rings. The first-order chi connectivity index (χ1) is 12.5. The molecule has 0 bridgehead atoms. The van der Waals surface area contributed by atoms with Crippen molar-refractivity contribution >= 4 is 21.6 Å². The molecule has 5 nitrogen and oxygen atoms in total. The summed E-state index contributed by atoms with van der Waals surface area (Å²) in [6, 6.07) is 5.95. The number of hydrogen-bond donors (Lipinski definition) is 1. The lowest BCUT2D eigenvalue weighted by atomic mass is 10.1. The van der Waals surface area contributed by atoms with Crippen molar-refractivity contribution in [1.82, 2.24) is 9.55 Å². The first-order valence-corrected chi connectivity index (χ1v) is 9.72. The molecular weight excluding hydrogens is 348 g/mol. The Hall–Kier alpha value is -2.18. The summed E-state index contributed by atoms with van der Waals surface area (Å²) in [6.07, 6.45) is 3.87. The fraction of sp³-hybridized carbons (Fsp3) is 0.400. The minimum absolute atomic E-state index is 0.0557. The molecule has 1 unspecified atom stereocenters. The number of aliphatic hydroxyl groups excluding tert-OH is 1. The zero-order chi connectivity index (χ0) is 18.3. The third kappa shape index (κ3) is 3.27. The first-order valence-electron chi connectivity index (χ1n) is 8.90. The number of benzene rings is 1. The van der Waals surface area contributed by atoms with Gasteiger partial charge in [-0.25, -0.2) is 4.98 Å². The van der Waals surface area contributed by atoms with Gasteiger partial charge in [-0.1, -0.05) is 6.07 Å². The fourth-order valence-corrected chi connectivity index (χ4v) is 4.86. The van der Waals surface area contributed by atoms with E-state index in [1.165, 1.54) is 15.8 Å². The Morgan fingerprint density at radius 1 is 1.27 bits per heavy atom. The van der Waals surface area contributed by atoms with Crippen molar-refractivity contribution in [3.63, 3.8) is 0 Å². The van der Waals surface area contributed by atoms with Crippen LogP contribution >= 0.6 is 11.3 Å². The second-order valence-electron chi connectivity index (χ2n) is 7.03. The van der Waals surface area contributed by atoms with E-state index in [0.29, 0.717) is 0 Å². The molecular formula is C20H22N2O3S. The minimum Gasteiger partial charge on any atom is -0.491 e. The van der Waals surface area contributed by atoms with E-state index in [0.717, 1.165) is 51.9 Å². The molecule has 1 atom stereocenters. The van der Waals surface area contributed by atoms with E-state index in [1.54, 1.807) is 11.3 Å². The second kappa shape index (κ2) is 6.85. The molecule has 0 radical (unpaired) electrons. The molecule has 136 valence electrons. The molecule has 2 aromatic heterocycles. The predicted octanol–water partition coefficient (Wildman–Crippen LogP) is 3.00. The lowest BCUT2D eigenvalue weighted by Crippen LogP contribution is -2.30. The molecule has 1 aliphatic carbocycles. The summed E-state index contributed by atoms with van der Waals surface area (Å²) < 4.78 is 7.21. The minimum atomic E-state index is -0.778. The van der Waals surface area contributed by atoms with Gasteiger partial charge in [0.15, 0.2) is 0 Å². The van der Waals surface area contributed by atoms with Gasteiger partial charge in [0.25, 0.3) is 5.56 Å². The topological polar surface area (TPSA) is 64.3 Å². The van der Waals surface area contributed by atoms with Crippen molar-refractivity contribution < 1.29 is 9.84 Å². The van der Waals surface area contributed by atoms with Crippen LogP contribution in [0.5, 0.6) is 5.75 Å². The van der Waals surface area contributed by atoms with Gasteiger partial charge < -0.3 is 9.84 Å². The Bertz CT molecular complexity index is 1000. The average Bonchev–Trinajstić information content (AvgIpc) is 3.15. The number of ether oxygens (including phenoxy) is 1. The molecule has 0 aliphatic heterocycles. The molecule has 0 spiro atoms. The summed E-state index contributed by atoms with van der Waals surface area (Å²) in [6.45, 7) is 4.33. The summed E-state index contributed by atoms with van der Waals surface area (Å²) in [5.74, 6) is 0.734. The van der Waals surface area contributed by atoms with Gasteiger partial charge in [-0.05, 0) is 61.9 Å². The van der Waals surface area contributed by atoms with Crippen LogP contribution in [-0.4, -0.2) is 27.4 Å². The molecule has 6 heteroatoms. The number of nitrogens with zero attached hydrogens (tertiary/aromatic N) is 2. The highest BCUT2D eigenvalue weighted by Gasteiger charge is 2.21. The molecule has 1 aromatic carbocycles. The quantitative estimate of drug-likeness (QED) is 0.750. The number of hydrogen-bond acceptors (Lipinski definition) is 5. The maximum Gasteiger partial charge on any atom is 0.262 e. The van der Waals surface area contributed by atoms with E-state index in [1.807, 2.05) is 26.0 Å². The van der Waals surface area contributed by atoms with E-state index >= 15 is 0 Å². The summed E-state index contributed by atoms with van der Waals surface area (Å²) in [4.78, 5) is 19.4. The SMILES string of the molecule is Cc1cc(C)cc(OCC(O)Cn2cnc3sc4c(c3c2=O)CCC4)c1. The number of aliphatic hydroxyl groups is 1. The predicted molar refractivity (Wildman–Crippen MR) is 103 cm³/mol. The van der Waals surface area contributed by atoms with Crippen molar-refractivity contribution in [2.75, 3.05) is 6.61 Å². The van der Waals surface area contributed by atoms with E-state index in [2.05, 4.69) is 11.1 Å². The highest BCUT2D eigenvalue weighted by Crippen LogP contribution is 2.34. The molecule has 1 N–H and O–H groups in total. The van der Waals surface area contributed by atoms with E-state index < -0.39 is 6.10 Å². The fourth-order valence-electron chi connectivity index (χ4n) is 3.64. The number of fused-ring (bicyclic) bond motifs is 3. The largest absolute Gasteiger partial charge is 0.491 e. The van der Waals surface area contributed by atoms with Crippen molar-refractivity contribution in [2.24, 2.45) is 0 Å². The van der Waals surface area contributed by atoms with Crippen LogP contribution in [0.15, 0.2) is 29.3 Å². The molecule has 2 heterocycles. The smallest absolute Gasteiger partial charge is 0.262 e. The van der Waals surface area contributed by atoms with Gasteiger partial charge in [0.05, 0.1) is 18.3 Å². The highest BCUT2D eigenvalue weighted by molar-refractivity contribution is 7.18. The van der Waals surface area contributed by atoms with Crippen LogP contribution in [0.3, 0.4) is 0 Å². The maximum absolute atomic E-state index is 12.8. The van der Waals surface area contributed by atoms with Gasteiger partial charge in [-0.2, -0.15) is 0 Å². The zero-order valence-corrected chi connectivity index (χ0v) is 15.8. The van der Waals surface area contributed by atoms with Crippen LogP contribution in [0.2, 0.25) is 0 Å². The number of aryl methyl sites for hydroxylation is 4. The van der Waals surface area contributed by atoms with Gasteiger partial charge in [-0.15, -0.1) is 11.3 Å². The second-order valence-corrected chi connectivity index (χ2v) is 8.11. The van der Waals surface area contributed by atoms with Gasteiger partial charge in [0.2, 0.25) is 0 Å². The maximum atomic E-state index is 12.8. The normalized spacial score (nSPS) is 14.6. The summed E-state index contributed by atoms with van der Waals surface area (Å²) in [7, 11) is 0. The van der Waals surface area contributed by atoms with Gasteiger partial charge in [0, 0.05) is 4.88 Å². The van der Waals surface area contributed by atoms with Crippen LogP contribution in [-0.2, 0) is 19.4 Å². The summed E-state index contributed by atoms with van der Waals surface area (Å²) in [5.41, 5.74) is 3.34. The number of rotatable bonds is 5. The molecule has 0 fully saturated rings. The van der Waals surface area contributed by atoms with Crippen LogP contribution in [0.25, 0.3) is 10.2 Å². The van der Waals surface area contributed by atoms with Crippen LogP contribution in [0.4, 0.5) is 0 Å². The van der Waals surface area contributed by atoms with Crippen molar-refractivity contribution in [3.8, 4) is 5.75 Å². The Morgan fingerprint density at radius 2 is 2.04 bits per heavy atom. The van der Waals surface area contributed by atoms with Crippen LogP contribution in [0.1, 0.15) is 28.0 Å². The van der Waals surface area contributed by atoms with Crippen molar-refractivity contribution in [1.29, 1.82) is 0 Å². The van der Waals surface area contributed by atoms with Gasteiger partial charge in [-0.3, -0.25) is 9.36 Å².